The first-order chi connectivity index (χ1) is 6.56. The lowest BCUT2D eigenvalue weighted by Gasteiger charge is -2.23. The Labute approximate surface area is 89.5 Å². The predicted molar refractivity (Wildman–Crippen MR) is 62.3 cm³/mol. The molecule has 0 rings (SSSR count). The summed E-state index contributed by atoms with van der Waals surface area (Å²) < 4.78 is 1.09. The zero-order valence-corrected chi connectivity index (χ0v) is 10.3. The normalized spacial score (nSPS) is 12.0. The second-order valence-corrected chi connectivity index (χ2v) is 5.21. The second kappa shape index (κ2) is 8.25. The number of rotatable bonds is 9. The number of aliphatic hydroxyl groups is 1. The molecule has 0 unspecified atom stereocenters. The molecule has 0 amide bonds. The first-order valence-electron chi connectivity index (χ1n) is 5.97. The molecule has 0 aliphatic rings. The molecule has 0 saturated heterocycles. The van der Waals surface area contributed by atoms with Gasteiger partial charge in [-0.05, 0) is 19.3 Å². The van der Waals surface area contributed by atoms with Gasteiger partial charge in [-0.3, -0.25) is 0 Å². The van der Waals surface area contributed by atoms with Gasteiger partial charge in [0.25, 0.3) is 0 Å². The van der Waals surface area contributed by atoms with Gasteiger partial charge in [0.15, 0.2) is 0 Å². The van der Waals surface area contributed by atoms with Gasteiger partial charge in [-0.2, -0.15) is 0 Å². The van der Waals surface area contributed by atoms with Crippen LogP contribution in [-0.4, -0.2) is 43.9 Å². The van der Waals surface area contributed by atoms with Crippen molar-refractivity contribution in [3.8, 4) is 0 Å². The average molecular weight is 202 g/mol. The molecular weight excluding hydrogens is 174 g/mol. The number of hydrogen-bond acceptors (Lipinski definition) is 1. The van der Waals surface area contributed by atoms with Crippen LogP contribution in [0.1, 0.15) is 44.9 Å². The fraction of sp³-hybridized carbons (Fsp3) is 1.00. The van der Waals surface area contributed by atoms with E-state index in [1.165, 1.54) is 45.1 Å². The van der Waals surface area contributed by atoms with Gasteiger partial charge in [0.05, 0.1) is 27.7 Å². The van der Waals surface area contributed by atoms with E-state index in [9.17, 15) is 0 Å². The predicted octanol–water partition coefficient (Wildman–Crippen LogP) is 2.42. The number of unbranched alkanes of at least 4 members (excludes halogenated alkanes) is 6. The largest absolute Gasteiger partial charge is 0.396 e. The van der Waals surface area contributed by atoms with Crippen LogP contribution in [-0.2, 0) is 0 Å². The first-order valence-corrected chi connectivity index (χ1v) is 5.97. The van der Waals surface area contributed by atoms with E-state index in [-0.39, 0.29) is 0 Å². The zero-order valence-electron chi connectivity index (χ0n) is 10.3. The summed E-state index contributed by atoms with van der Waals surface area (Å²) in [6.45, 7) is 1.65. The van der Waals surface area contributed by atoms with E-state index in [2.05, 4.69) is 21.1 Å². The molecule has 0 atom stereocenters. The van der Waals surface area contributed by atoms with Crippen molar-refractivity contribution >= 4 is 0 Å². The van der Waals surface area contributed by atoms with Crippen molar-refractivity contribution in [2.45, 2.75) is 44.9 Å². The fourth-order valence-corrected chi connectivity index (χ4v) is 1.58. The van der Waals surface area contributed by atoms with Gasteiger partial charge in [-0.1, -0.05) is 25.7 Å². The second-order valence-electron chi connectivity index (χ2n) is 5.21. The van der Waals surface area contributed by atoms with Crippen LogP contribution in [0.2, 0.25) is 0 Å². The first kappa shape index (κ1) is 13.9. The van der Waals surface area contributed by atoms with Crippen LogP contribution >= 0.6 is 0 Å². The summed E-state index contributed by atoms with van der Waals surface area (Å²) >= 11 is 0. The number of hydrogen-bond donors (Lipinski definition) is 1. The van der Waals surface area contributed by atoms with Crippen molar-refractivity contribution in [2.75, 3.05) is 34.3 Å². The van der Waals surface area contributed by atoms with E-state index < -0.39 is 0 Å². The van der Waals surface area contributed by atoms with Crippen molar-refractivity contribution in [1.29, 1.82) is 0 Å². The summed E-state index contributed by atoms with van der Waals surface area (Å²) in [6.07, 6.45) is 8.91. The Hall–Kier alpha value is -0.0800. The molecule has 86 valence electrons. The fourth-order valence-electron chi connectivity index (χ4n) is 1.58. The standard InChI is InChI=1S/C12H28NO/c1-13(2,3)11-9-7-5-4-6-8-10-12-14/h14H,4-12H2,1-3H3/q+1. The highest BCUT2D eigenvalue weighted by Crippen LogP contribution is 2.08. The quantitative estimate of drug-likeness (QED) is 0.450. The van der Waals surface area contributed by atoms with Gasteiger partial charge in [-0.15, -0.1) is 0 Å². The van der Waals surface area contributed by atoms with Gasteiger partial charge in [0.2, 0.25) is 0 Å². The van der Waals surface area contributed by atoms with Gasteiger partial charge in [-0.25, -0.2) is 0 Å². The number of aliphatic hydroxyl groups excluding tert-OH is 1. The highest BCUT2D eigenvalue weighted by atomic mass is 16.2. The molecule has 0 radical (unpaired) electrons. The third-order valence-electron chi connectivity index (χ3n) is 2.49. The van der Waals surface area contributed by atoms with Crippen LogP contribution in [0, 0.1) is 0 Å². The van der Waals surface area contributed by atoms with Crippen LogP contribution < -0.4 is 0 Å². The van der Waals surface area contributed by atoms with Crippen LogP contribution in [0.15, 0.2) is 0 Å². The lowest BCUT2D eigenvalue weighted by atomic mass is 10.1. The Morgan fingerprint density at radius 3 is 1.57 bits per heavy atom. The summed E-state index contributed by atoms with van der Waals surface area (Å²) in [5.74, 6) is 0. The van der Waals surface area contributed by atoms with E-state index >= 15 is 0 Å². The van der Waals surface area contributed by atoms with Crippen molar-refractivity contribution in [3.63, 3.8) is 0 Å². The molecule has 0 aliphatic carbocycles. The molecule has 0 heterocycles. The molecule has 0 aromatic rings. The zero-order chi connectivity index (χ0) is 10.9. The lowest BCUT2D eigenvalue weighted by molar-refractivity contribution is -0.870. The van der Waals surface area contributed by atoms with Gasteiger partial charge in [0, 0.05) is 6.61 Å². The molecule has 0 spiro atoms. The molecule has 14 heavy (non-hydrogen) atoms. The van der Waals surface area contributed by atoms with Crippen molar-refractivity contribution in [2.24, 2.45) is 0 Å². The lowest BCUT2D eigenvalue weighted by Crippen LogP contribution is -2.35. The van der Waals surface area contributed by atoms with E-state index in [0.29, 0.717) is 6.61 Å². The Kier molecular flexibility index (Phi) is 8.20. The average Bonchev–Trinajstić information content (AvgIpc) is 2.08. The number of nitrogens with zero attached hydrogens (tertiary/aromatic N) is 1. The Morgan fingerprint density at radius 1 is 0.714 bits per heavy atom. The summed E-state index contributed by atoms with van der Waals surface area (Å²) in [5, 5.41) is 8.59. The summed E-state index contributed by atoms with van der Waals surface area (Å²) in [6, 6.07) is 0. The van der Waals surface area contributed by atoms with Crippen LogP contribution in [0.25, 0.3) is 0 Å². The van der Waals surface area contributed by atoms with E-state index in [4.69, 9.17) is 5.11 Å². The third kappa shape index (κ3) is 11.9. The Bertz CT molecular complexity index is 118. The van der Waals surface area contributed by atoms with Crippen LogP contribution in [0.5, 0.6) is 0 Å². The van der Waals surface area contributed by atoms with E-state index in [1.807, 2.05) is 0 Å². The Morgan fingerprint density at radius 2 is 1.14 bits per heavy atom. The molecule has 2 nitrogen and oxygen atoms in total. The minimum absolute atomic E-state index is 0.363. The van der Waals surface area contributed by atoms with Crippen molar-refractivity contribution < 1.29 is 9.59 Å². The SMILES string of the molecule is C[N+](C)(C)CCCCCCCCCO. The summed E-state index contributed by atoms with van der Waals surface area (Å²) in [4.78, 5) is 0. The minimum atomic E-state index is 0.363. The summed E-state index contributed by atoms with van der Waals surface area (Å²) in [5.41, 5.74) is 0. The highest BCUT2D eigenvalue weighted by Gasteiger charge is 2.04. The molecule has 0 saturated carbocycles. The van der Waals surface area contributed by atoms with E-state index in [1.54, 1.807) is 0 Å². The molecular formula is C12H28NO+. The van der Waals surface area contributed by atoms with Crippen LogP contribution in [0.3, 0.4) is 0 Å². The summed E-state index contributed by atoms with van der Waals surface area (Å²) in [7, 11) is 6.75. The smallest absolute Gasteiger partial charge is 0.0780 e. The van der Waals surface area contributed by atoms with Gasteiger partial charge in [0.1, 0.15) is 0 Å². The molecule has 0 aromatic heterocycles. The van der Waals surface area contributed by atoms with Gasteiger partial charge >= 0.3 is 0 Å². The molecule has 0 fully saturated rings. The van der Waals surface area contributed by atoms with E-state index in [0.717, 1.165) is 10.9 Å². The maximum Gasteiger partial charge on any atom is 0.0780 e. The van der Waals surface area contributed by atoms with Crippen molar-refractivity contribution in [1.82, 2.24) is 0 Å². The van der Waals surface area contributed by atoms with Gasteiger partial charge < -0.3 is 9.59 Å². The maximum atomic E-state index is 8.59. The topological polar surface area (TPSA) is 20.2 Å². The highest BCUT2D eigenvalue weighted by molar-refractivity contribution is 4.45. The molecule has 2 heteroatoms. The maximum absolute atomic E-state index is 8.59. The molecule has 0 aliphatic heterocycles. The molecule has 1 N–H and O–H groups in total. The monoisotopic (exact) mass is 202 g/mol. The Balaban J connectivity index is 2.99. The number of quaternary nitrogens is 1. The molecule has 0 aromatic carbocycles. The third-order valence-corrected chi connectivity index (χ3v) is 2.49. The minimum Gasteiger partial charge on any atom is -0.396 e. The molecule has 0 bridgehead atoms. The van der Waals surface area contributed by atoms with Crippen molar-refractivity contribution in [3.05, 3.63) is 0 Å². The van der Waals surface area contributed by atoms with Crippen LogP contribution in [0.4, 0.5) is 0 Å².